The molecule has 3 aliphatic rings. The van der Waals surface area contributed by atoms with Gasteiger partial charge in [0, 0.05) is 25.5 Å². The number of nitrogens with one attached hydrogen (secondary N) is 1. The van der Waals surface area contributed by atoms with E-state index in [0.717, 1.165) is 22.9 Å². The van der Waals surface area contributed by atoms with Gasteiger partial charge in [-0.2, -0.15) is 0 Å². The molecule has 7 rings (SSSR count). The summed E-state index contributed by atoms with van der Waals surface area (Å²) in [6, 6.07) is 15.8. The monoisotopic (exact) mass is 524 g/mol. The first-order valence-electron chi connectivity index (χ1n) is 12.7. The lowest BCUT2D eigenvalue weighted by molar-refractivity contribution is 0.0693. The van der Waals surface area contributed by atoms with E-state index in [2.05, 4.69) is 15.3 Å². The van der Waals surface area contributed by atoms with E-state index in [1.807, 2.05) is 42.5 Å². The van der Waals surface area contributed by atoms with Crippen molar-refractivity contribution in [2.75, 3.05) is 19.7 Å². The van der Waals surface area contributed by atoms with E-state index in [1.165, 1.54) is 18.5 Å². The van der Waals surface area contributed by atoms with E-state index in [4.69, 9.17) is 9.47 Å². The van der Waals surface area contributed by atoms with Gasteiger partial charge in [-0.25, -0.2) is 4.39 Å². The second-order valence-corrected chi connectivity index (χ2v) is 9.45. The van der Waals surface area contributed by atoms with Gasteiger partial charge in [0.15, 0.2) is 0 Å². The number of ether oxygens (including phenoxy) is 2. The number of aromatic nitrogens is 2. The number of benzene rings is 2. The lowest BCUT2D eigenvalue weighted by atomic mass is 9.87. The van der Waals surface area contributed by atoms with Gasteiger partial charge in [-0.1, -0.05) is 18.2 Å². The third-order valence-corrected chi connectivity index (χ3v) is 6.82. The van der Waals surface area contributed by atoms with Crippen LogP contribution < -0.4 is 14.8 Å². The fraction of sp³-hybridized carbons (Fsp3) is 0.200. The van der Waals surface area contributed by atoms with Gasteiger partial charge >= 0.3 is 0 Å². The van der Waals surface area contributed by atoms with Crippen LogP contribution >= 0.6 is 0 Å². The number of carbonyl (C=O) groups excluding carboxylic acids is 2. The van der Waals surface area contributed by atoms with Crippen molar-refractivity contribution in [1.82, 2.24) is 20.2 Å². The zero-order chi connectivity index (χ0) is 26.8. The van der Waals surface area contributed by atoms with Crippen molar-refractivity contribution in [2.45, 2.75) is 18.9 Å². The standard InChI is InChI=1S/C30H25FN4O4/c31-23-11-22(16-32-17-23)30(37)35-9-7-19-12-25-5-6-27(19)28(35)20-3-1-4-24(13-20)38-10-2-8-34-29(36)21-14-26(39-25)18-33-15-21/h1,3-6,11-18,28H,2,7-10H2,(H,34,36). The Labute approximate surface area is 224 Å². The van der Waals surface area contributed by atoms with Crippen LogP contribution in [0.5, 0.6) is 17.2 Å². The lowest BCUT2D eigenvalue weighted by Crippen LogP contribution is -2.40. The molecule has 9 heteroatoms. The van der Waals surface area contributed by atoms with Crippen LogP contribution in [0.25, 0.3) is 0 Å². The second-order valence-electron chi connectivity index (χ2n) is 9.45. The smallest absolute Gasteiger partial charge is 0.256 e. The van der Waals surface area contributed by atoms with E-state index in [1.54, 1.807) is 17.2 Å². The number of rotatable bonds is 1. The van der Waals surface area contributed by atoms with E-state index in [-0.39, 0.29) is 17.4 Å². The van der Waals surface area contributed by atoms with Crippen LogP contribution in [0.4, 0.5) is 4.39 Å². The van der Waals surface area contributed by atoms with Crippen molar-refractivity contribution in [3.05, 3.63) is 113 Å². The third kappa shape index (κ3) is 5.16. The largest absolute Gasteiger partial charge is 0.494 e. The summed E-state index contributed by atoms with van der Waals surface area (Å²) in [6.07, 6.45) is 6.71. The molecule has 0 spiro atoms. The average molecular weight is 525 g/mol. The minimum atomic E-state index is -0.560. The van der Waals surface area contributed by atoms with Gasteiger partial charge in [-0.15, -0.1) is 0 Å². The molecule has 1 N–H and O–H groups in total. The molecule has 39 heavy (non-hydrogen) atoms. The highest BCUT2D eigenvalue weighted by molar-refractivity contribution is 5.95. The van der Waals surface area contributed by atoms with Gasteiger partial charge < -0.3 is 19.7 Å². The molecule has 2 aromatic heterocycles. The molecule has 8 bridgehead atoms. The van der Waals surface area contributed by atoms with Crippen LogP contribution in [0.15, 0.2) is 79.4 Å². The molecule has 0 saturated carbocycles. The van der Waals surface area contributed by atoms with Crippen LogP contribution in [0, 0.1) is 5.82 Å². The minimum Gasteiger partial charge on any atom is -0.494 e. The van der Waals surface area contributed by atoms with E-state index in [9.17, 15) is 14.0 Å². The molecule has 1 unspecified atom stereocenters. The molecule has 1 atom stereocenters. The number of hydrogen-bond donors (Lipinski definition) is 1. The summed E-state index contributed by atoms with van der Waals surface area (Å²) < 4.78 is 26.0. The highest BCUT2D eigenvalue weighted by Gasteiger charge is 2.33. The van der Waals surface area contributed by atoms with E-state index >= 15 is 0 Å². The number of halogens is 1. The minimum absolute atomic E-state index is 0.194. The zero-order valence-corrected chi connectivity index (χ0v) is 21.0. The Balaban J connectivity index is 1.43. The summed E-state index contributed by atoms with van der Waals surface area (Å²) in [6.45, 7) is 1.24. The topological polar surface area (TPSA) is 93.7 Å². The molecule has 8 nitrogen and oxygen atoms in total. The second kappa shape index (κ2) is 10.5. The van der Waals surface area contributed by atoms with Gasteiger partial charge in [-0.05, 0) is 65.9 Å². The molecule has 4 aromatic rings. The van der Waals surface area contributed by atoms with Crippen molar-refractivity contribution in [2.24, 2.45) is 0 Å². The fourth-order valence-electron chi connectivity index (χ4n) is 5.02. The maximum atomic E-state index is 13.9. The van der Waals surface area contributed by atoms with Gasteiger partial charge in [-0.3, -0.25) is 19.6 Å². The van der Waals surface area contributed by atoms with Crippen molar-refractivity contribution in [3.8, 4) is 17.2 Å². The maximum absolute atomic E-state index is 13.9. The Hall–Kier alpha value is -4.79. The number of fused-ring (bicyclic) bond motifs is 6. The highest BCUT2D eigenvalue weighted by Crippen LogP contribution is 2.39. The van der Waals surface area contributed by atoms with Crippen LogP contribution in [0.1, 0.15) is 49.9 Å². The van der Waals surface area contributed by atoms with Crippen molar-refractivity contribution >= 4 is 11.8 Å². The summed E-state index contributed by atoms with van der Waals surface area (Å²) in [5.41, 5.74) is 3.43. The van der Waals surface area contributed by atoms with Crippen molar-refractivity contribution in [1.29, 1.82) is 0 Å². The average Bonchev–Trinajstić information content (AvgIpc) is 2.95. The molecule has 0 saturated heterocycles. The molecule has 3 aliphatic heterocycles. The number of nitrogens with zero attached hydrogens (tertiary/aromatic N) is 3. The first-order valence-corrected chi connectivity index (χ1v) is 12.7. The van der Waals surface area contributed by atoms with Crippen LogP contribution in [0.3, 0.4) is 0 Å². The highest BCUT2D eigenvalue weighted by atomic mass is 19.1. The Morgan fingerprint density at radius 3 is 2.77 bits per heavy atom. The summed E-state index contributed by atoms with van der Waals surface area (Å²) >= 11 is 0. The number of hydrogen-bond acceptors (Lipinski definition) is 6. The van der Waals surface area contributed by atoms with Gasteiger partial charge in [0.2, 0.25) is 0 Å². The van der Waals surface area contributed by atoms with E-state index < -0.39 is 11.9 Å². The molecule has 2 aromatic carbocycles. The Kier molecular flexibility index (Phi) is 6.62. The zero-order valence-electron chi connectivity index (χ0n) is 21.0. The predicted octanol–water partition coefficient (Wildman–Crippen LogP) is 4.71. The lowest BCUT2D eigenvalue weighted by Gasteiger charge is -2.38. The van der Waals surface area contributed by atoms with Crippen molar-refractivity contribution < 1.29 is 23.5 Å². The Morgan fingerprint density at radius 1 is 0.974 bits per heavy atom. The normalized spacial score (nSPS) is 16.8. The quantitative estimate of drug-likeness (QED) is 0.388. The van der Waals surface area contributed by atoms with Gasteiger partial charge in [0.25, 0.3) is 11.8 Å². The van der Waals surface area contributed by atoms with Crippen LogP contribution in [-0.4, -0.2) is 46.4 Å². The molecule has 0 aliphatic carbocycles. The molecular formula is C30H25FN4O4. The summed E-state index contributed by atoms with van der Waals surface area (Å²) in [7, 11) is 0. The summed E-state index contributed by atoms with van der Waals surface area (Å²) in [5, 5.41) is 2.88. The molecule has 5 heterocycles. The summed E-state index contributed by atoms with van der Waals surface area (Å²) in [4.78, 5) is 36.0. The molecule has 0 radical (unpaired) electrons. The first kappa shape index (κ1) is 24.5. The molecular weight excluding hydrogens is 499 g/mol. The number of amides is 2. The third-order valence-electron chi connectivity index (χ3n) is 6.82. The molecule has 196 valence electrons. The summed E-state index contributed by atoms with van der Waals surface area (Å²) in [5.74, 6) is 0.605. The van der Waals surface area contributed by atoms with Gasteiger partial charge in [0.05, 0.1) is 36.2 Å². The Bertz CT molecular complexity index is 1560. The number of carbonyl (C=O) groups is 2. The number of pyridine rings is 2. The van der Waals surface area contributed by atoms with Crippen LogP contribution in [-0.2, 0) is 6.42 Å². The Morgan fingerprint density at radius 2 is 1.87 bits per heavy atom. The molecule has 2 amide bonds. The van der Waals surface area contributed by atoms with E-state index in [0.29, 0.717) is 55.4 Å². The predicted molar refractivity (Wildman–Crippen MR) is 140 cm³/mol. The van der Waals surface area contributed by atoms with Crippen LogP contribution in [0.2, 0.25) is 0 Å². The van der Waals surface area contributed by atoms with Gasteiger partial charge in [0.1, 0.15) is 23.1 Å². The van der Waals surface area contributed by atoms with Crippen molar-refractivity contribution in [3.63, 3.8) is 0 Å². The first-order chi connectivity index (χ1) is 19.0. The fourth-order valence-corrected chi connectivity index (χ4v) is 5.02. The SMILES string of the molecule is O=C1NCCCOc2cccc(c2)C2c3ccc(cc3CCN2C(=O)c2cncc(F)c2)Oc2cncc1c2. The maximum Gasteiger partial charge on any atom is 0.256 e. The molecule has 0 fully saturated rings.